The van der Waals surface area contributed by atoms with Crippen molar-refractivity contribution >= 4 is 28.0 Å². The van der Waals surface area contributed by atoms with Gasteiger partial charge in [-0.1, -0.05) is 13.5 Å². The topological polar surface area (TPSA) is 139 Å². The molecule has 0 saturated carbocycles. The van der Waals surface area contributed by atoms with Gasteiger partial charge in [0.2, 0.25) is 5.91 Å². The van der Waals surface area contributed by atoms with Crippen molar-refractivity contribution in [3.63, 3.8) is 0 Å². The number of carbonyl (C=O) groups is 3. The number of carbonyl (C=O) groups excluding carboxylic acids is 3. The smallest absolute Gasteiger partial charge is 0.305 e. The Bertz CT molecular complexity index is 837. The van der Waals surface area contributed by atoms with Gasteiger partial charge in [0.1, 0.15) is 16.2 Å². The van der Waals surface area contributed by atoms with Crippen LogP contribution in [0.3, 0.4) is 0 Å². The van der Waals surface area contributed by atoms with Gasteiger partial charge in [0.05, 0.1) is 24.0 Å². The number of halogens is 2. The molecule has 30 heavy (non-hydrogen) atoms. The zero-order valence-corrected chi connectivity index (χ0v) is 23.5. The van der Waals surface area contributed by atoms with Gasteiger partial charge >= 0.3 is 5.97 Å². The van der Waals surface area contributed by atoms with Crippen LogP contribution in [0.1, 0.15) is 27.2 Å². The summed E-state index contributed by atoms with van der Waals surface area (Å²) in [6.45, 7) is 4.31. The van der Waals surface area contributed by atoms with Crippen LogP contribution in [0.5, 0.6) is 0 Å². The van der Waals surface area contributed by atoms with Crippen molar-refractivity contribution in [3.8, 4) is 0 Å². The number of amides is 1. The van der Waals surface area contributed by atoms with E-state index in [0.29, 0.717) is 0 Å². The molecule has 3 aliphatic heterocycles. The number of alkyl halides is 2. The number of hydrogen-bond donors (Lipinski definition) is 0. The van der Waals surface area contributed by atoms with Gasteiger partial charge in [-0.05, 0) is 13.8 Å². The van der Waals surface area contributed by atoms with E-state index in [0.717, 1.165) is 0 Å². The third kappa shape index (κ3) is 3.35. The summed E-state index contributed by atoms with van der Waals surface area (Å²) in [5.41, 5.74) is 0. The molecule has 0 aromatic carbocycles. The molecule has 10 nitrogen and oxygen atoms in total. The molecule has 6 unspecified atom stereocenters. The van der Waals surface area contributed by atoms with Crippen molar-refractivity contribution in [2.75, 3.05) is 0 Å². The van der Waals surface area contributed by atoms with Crippen molar-refractivity contribution in [2.24, 2.45) is 11.8 Å². The Morgan fingerprint density at radius 2 is 1.93 bits per heavy atom. The van der Waals surface area contributed by atoms with Crippen LogP contribution in [0.25, 0.3) is 0 Å². The third-order valence-electron chi connectivity index (χ3n) is 5.30. The Morgan fingerprint density at radius 1 is 1.33 bits per heavy atom. The first-order chi connectivity index (χ1) is 13.3. The second kappa shape index (κ2) is 7.43. The van der Waals surface area contributed by atoms with E-state index >= 15 is 0 Å². The number of fused-ring (bicyclic) bond motifs is 1. The van der Waals surface area contributed by atoms with E-state index in [4.69, 9.17) is 9.47 Å². The summed E-state index contributed by atoms with van der Waals surface area (Å²) in [7, 11) is -6.10. The van der Waals surface area contributed by atoms with E-state index in [1.54, 1.807) is 20.8 Å². The molecule has 166 valence electrons. The van der Waals surface area contributed by atoms with Crippen molar-refractivity contribution in [3.05, 3.63) is 6.61 Å². The van der Waals surface area contributed by atoms with Crippen LogP contribution in [-0.4, -0.2) is 71.4 Å². The van der Waals surface area contributed by atoms with Crippen molar-refractivity contribution < 1.29 is 50.3 Å². The van der Waals surface area contributed by atoms with E-state index in [1.807, 2.05) is 0 Å². The summed E-state index contributed by atoms with van der Waals surface area (Å²) in [5, 5.41) is -4.94. The van der Waals surface area contributed by atoms with Crippen LogP contribution in [0.4, 0.5) is 8.78 Å². The third-order valence-corrected chi connectivity index (χ3v) is 6.06. The maximum atomic E-state index is 13.3. The van der Waals surface area contributed by atoms with Crippen LogP contribution < -0.4 is 0 Å². The Balaban J connectivity index is 0.00000320. The second-order valence-corrected chi connectivity index (χ2v) is 8.78. The molecule has 6 atom stereocenters. The van der Waals surface area contributed by atoms with E-state index in [9.17, 15) is 36.1 Å². The number of ether oxygens (including phenoxy) is 3. The Morgan fingerprint density at radius 3 is 2.43 bits per heavy atom. The zero-order valence-electron chi connectivity index (χ0n) is 16.3. The van der Waals surface area contributed by atoms with Gasteiger partial charge in [0.15, 0.2) is 6.10 Å². The maximum Gasteiger partial charge on any atom is 0.305 e. The monoisotopic (exact) mass is 706 g/mol. The van der Waals surface area contributed by atoms with Crippen molar-refractivity contribution in [2.45, 2.75) is 62.8 Å². The van der Waals surface area contributed by atoms with Crippen molar-refractivity contribution in [1.82, 2.24) is 4.90 Å². The summed E-state index contributed by atoms with van der Waals surface area (Å²) >= 11 is 0. The zero-order chi connectivity index (χ0) is 21.9. The molecule has 0 aliphatic carbocycles. The Kier molecular flexibility index (Phi) is 5.80. The number of nitrogens with zero attached hydrogens (tertiary/aromatic N) is 1. The first-order valence-corrected chi connectivity index (χ1v) is 10.3. The van der Waals surface area contributed by atoms with Gasteiger partial charge in [-0.15, -0.1) is 0 Å². The van der Waals surface area contributed by atoms with Gasteiger partial charge in [-0.25, -0.2) is 17.2 Å². The summed E-state index contributed by atoms with van der Waals surface area (Å²) < 4.78 is 73.5. The van der Waals surface area contributed by atoms with E-state index in [1.165, 1.54) is 4.90 Å². The molecule has 3 fully saturated rings. The van der Waals surface area contributed by atoms with Crippen LogP contribution in [-0.2, 0) is 38.7 Å². The maximum absolute atomic E-state index is 13.3. The summed E-state index contributed by atoms with van der Waals surface area (Å²) in [5.74, 6) is -4.92. The SMILES string of the molecule is CCC(=O)OC1C2OC3C(C(=O)N(C(C)C)C13)C2C(=O)O[CH-]C(F)(F)S(=O)(=O)[O-].[Rf]. The minimum absolute atomic E-state index is 0. The van der Waals surface area contributed by atoms with Crippen LogP contribution in [0.2, 0.25) is 0 Å². The molecule has 3 heterocycles. The van der Waals surface area contributed by atoms with Gasteiger partial charge in [0, 0.05) is 12.5 Å². The first-order valence-electron chi connectivity index (χ1n) is 8.87. The first kappa shape index (κ1) is 23.4. The molecule has 3 rings (SSSR count). The molecule has 3 aliphatic rings. The average molecular weight is 706 g/mol. The van der Waals surface area contributed by atoms with Crippen LogP contribution in [0, 0.1) is 18.4 Å². The number of rotatable bonds is 7. The summed E-state index contributed by atoms with van der Waals surface area (Å²) in [4.78, 5) is 38.5. The molecule has 3 saturated heterocycles. The molecular weight excluding hydrogens is 687 g/mol. The molecule has 1 amide bonds. The van der Waals surface area contributed by atoms with E-state index < -0.39 is 76.0 Å². The van der Waals surface area contributed by atoms with E-state index in [2.05, 4.69) is 4.74 Å². The number of hydrogen-bond acceptors (Lipinski definition) is 9. The summed E-state index contributed by atoms with van der Waals surface area (Å²) in [6.07, 6.45) is -2.93. The van der Waals surface area contributed by atoms with Crippen LogP contribution >= 0.6 is 0 Å². The molecule has 14 heteroatoms. The molecule has 0 aromatic rings. The van der Waals surface area contributed by atoms with Gasteiger partial charge in [-0.2, -0.15) is 0 Å². The molecular formula is C16H19F2NO9RfS-2. The van der Waals surface area contributed by atoms with Gasteiger partial charge in [0.25, 0.3) is 11.2 Å². The van der Waals surface area contributed by atoms with Crippen LogP contribution in [0.15, 0.2) is 0 Å². The predicted octanol–water partition coefficient (Wildman–Crippen LogP) is -0.216. The molecule has 2 bridgehead atoms. The molecule has 0 spiro atoms. The molecule has 0 radical (unpaired) electrons. The fourth-order valence-electron chi connectivity index (χ4n) is 4.16. The average Bonchev–Trinajstić information content (AvgIpc) is 3.21. The minimum Gasteiger partial charge on any atom is -0.746 e. The Hall–Kier alpha value is -2.86. The number of esters is 2. The summed E-state index contributed by atoms with van der Waals surface area (Å²) in [6, 6.07) is -0.953. The largest absolute Gasteiger partial charge is 0.746 e. The van der Waals surface area contributed by atoms with Crippen molar-refractivity contribution in [1.29, 1.82) is 0 Å². The van der Waals surface area contributed by atoms with E-state index in [-0.39, 0.29) is 12.5 Å². The minimum atomic E-state index is -6.10. The van der Waals surface area contributed by atoms with Gasteiger partial charge < -0.3 is 23.7 Å². The Labute approximate surface area is 165 Å². The molecule has 0 N–H and O–H groups in total. The fourth-order valence-corrected chi connectivity index (χ4v) is 4.33. The standard InChI is InChI=1S/C16H20F2NO9S.Rf/c1-4-7(20)27-13-10-11-8(14(21)19(10)6(2)3)9(12(13)28-11)15(22)26-5-16(17,18)29(23,24)25;/h5-6,8-13H,4H2,1-3H3,(H,23,24,25);/q-1;/p-1. The van der Waals surface area contributed by atoms with Gasteiger partial charge in [-0.3, -0.25) is 14.4 Å². The fraction of sp³-hybridized carbons (Fsp3) is 0.750. The second-order valence-electron chi connectivity index (χ2n) is 7.33. The predicted molar refractivity (Wildman–Crippen MR) is 86.6 cm³/mol. The number of likely N-dealkylation sites (tertiary alicyclic amines) is 1. The normalized spacial score (nSPS) is 32.4. The quantitative estimate of drug-likeness (QED) is 0.200. The molecule has 0 aromatic heterocycles.